The maximum atomic E-state index is 12.8. The van der Waals surface area contributed by atoms with Crippen molar-refractivity contribution in [1.82, 2.24) is 19.2 Å². The van der Waals surface area contributed by atoms with Gasteiger partial charge in [0, 0.05) is 19.3 Å². The van der Waals surface area contributed by atoms with Crippen LogP contribution in [0.3, 0.4) is 0 Å². The van der Waals surface area contributed by atoms with Gasteiger partial charge in [0.1, 0.15) is 0 Å². The van der Waals surface area contributed by atoms with Crippen LogP contribution >= 0.6 is 11.8 Å². The van der Waals surface area contributed by atoms with Crippen LogP contribution in [0.5, 0.6) is 0 Å². The van der Waals surface area contributed by atoms with E-state index >= 15 is 0 Å². The van der Waals surface area contributed by atoms with E-state index in [-0.39, 0.29) is 17.2 Å². The predicted molar refractivity (Wildman–Crippen MR) is 109 cm³/mol. The number of carbonyl (C=O) groups is 1. The highest BCUT2D eigenvalue weighted by atomic mass is 32.2. The summed E-state index contributed by atoms with van der Waals surface area (Å²) in [5.41, 5.74) is 2.82. The predicted octanol–water partition coefficient (Wildman–Crippen LogP) is 2.26. The molecule has 0 atom stereocenters. The first-order valence-corrected chi connectivity index (χ1v) is 9.97. The zero-order valence-electron chi connectivity index (χ0n) is 15.2. The molecule has 0 saturated carbocycles. The van der Waals surface area contributed by atoms with E-state index in [1.807, 2.05) is 45.7 Å². The van der Waals surface area contributed by atoms with Gasteiger partial charge in [0.2, 0.25) is 11.7 Å². The van der Waals surface area contributed by atoms with Gasteiger partial charge >= 0.3 is 0 Å². The smallest absolute Gasteiger partial charge is 0.262 e. The summed E-state index contributed by atoms with van der Waals surface area (Å²) in [5, 5.41) is 9.60. The summed E-state index contributed by atoms with van der Waals surface area (Å²) in [4.78, 5) is 27.2. The number of hydrogen-bond donors (Lipinski definition) is 0. The van der Waals surface area contributed by atoms with Gasteiger partial charge in [-0.1, -0.05) is 42.1 Å². The third-order valence-corrected chi connectivity index (χ3v) is 6.02. The Hall–Kier alpha value is -3.13. The van der Waals surface area contributed by atoms with Gasteiger partial charge in [-0.25, -0.2) is 0 Å². The average molecular weight is 391 g/mol. The van der Waals surface area contributed by atoms with Crippen LogP contribution in [0.25, 0.3) is 16.7 Å². The molecule has 140 valence electrons. The van der Waals surface area contributed by atoms with Crippen LogP contribution in [0, 0.1) is 0 Å². The lowest BCUT2D eigenvalue weighted by molar-refractivity contribution is -0.116. The van der Waals surface area contributed by atoms with E-state index in [1.54, 1.807) is 13.1 Å². The monoisotopic (exact) mass is 391 g/mol. The lowest BCUT2D eigenvalue weighted by Crippen LogP contribution is -2.30. The second-order valence-electron chi connectivity index (χ2n) is 6.71. The number of anilines is 1. The number of para-hydroxylation sites is 2. The topological polar surface area (TPSA) is 72.5 Å². The minimum absolute atomic E-state index is 0.0424. The summed E-state index contributed by atoms with van der Waals surface area (Å²) >= 11 is 1.34. The van der Waals surface area contributed by atoms with E-state index in [2.05, 4.69) is 16.3 Å². The summed E-state index contributed by atoms with van der Waals surface area (Å²) in [6.45, 7) is 0.705. The minimum atomic E-state index is -0.114. The van der Waals surface area contributed by atoms with Crippen molar-refractivity contribution in [2.75, 3.05) is 17.2 Å². The minimum Gasteiger partial charge on any atom is -0.311 e. The Bertz CT molecular complexity index is 1290. The number of benzene rings is 2. The maximum absolute atomic E-state index is 12.8. The SMILES string of the molecule is Cn1c(=O)c2ccccc2n2c(SCC(=O)N3CCc4ccccc43)nnc12. The Morgan fingerprint density at radius 2 is 1.89 bits per heavy atom. The number of carbonyl (C=O) groups excluding carboxylic acids is 1. The fraction of sp³-hybridized carbons (Fsp3) is 0.200. The molecule has 0 unspecified atom stereocenters. The van der Waals surface area contributed by atoms with Gasteiger partial charge in [0.25, 0.3) is 5.56 Å². The number of hydrogen-bond acceptors (Lipinski definition) is 5. The lowest BCUT2D eigenvalue weighted by atomic mass is 10.2. The van der Waals surface area contributed by atoms with Gasteiger partial charge < -0.3 is 4.90 Å². The first-order valence-electron chi connectivity index (χ1n) is 8.99. The summed E-state index contributed by atoms with van der Waals surface area (Å²) in [6.07, 6.45) is 0.882. The Morgan fingerprint density at radius 1 is 1.11 bits per heavy atom. The van der Waals surface area contributed by atoms with Gasteiger partial charge in [-0.3, -0.25) is 18.6 Å². The molecule has 2 aromatic carbocycles. The van der Waals surface area contributed by atoms with E-state index in [4.69, 9.17) is 0 Å². The number of fused-ring (bicyclic) bond motifs is 4. The Balaban J connectivity index is 1.48. The lowest BCUT2D eigenvalue weighted by Gasteiger charge is -2.16. The molecule has 5 rings (SSSR count). The molecule has 1 aliphatic rings. The first-order chi connectivity index (χ1) is 13.6. The molecular weight excluding hydrogens is 374 g/mol. The highest BCUT2D eigenvalue weighted by Gasteiger charge is 2.25. The molecule has 0 bridgehead atoms. The molecule has 1 aliphatic heterocycles. The van der Waals surface area contributed by atoms with Crippen LogP contribution in [-0.2, 0) is 18.3 Å². The number of thioether (sulfide) groups is 1. The van der Waals surface area contributed by atoms with Crippen LogP contribution < -0.4 is 10.5 Å². The average Bonchev–Trinajstić information content (AvgIpc) is 3.35. The first kappa shape index (κ1) is 17.0. The van der Waals surface area contributed by atoms with Crippen molar-refractivity contribution in [1.29, 1.82) is 0 Å². The van der Waals surface area contributed by atoms with Crippen molar-refractivity contribution in [3.8, 4) is 0 Å². The van der Waals surface area contributed by atoms with Crippen LogP contribution in [0.15, 0.2) is 58.5 Å². The number of nitrogens with zero attached hydrogens (tertiary/aromatic N) is 5. The highest BCUT2D eigenvalue weighted by molar-refractivity contribution is 7.99. The molecule has 2 aromatic heterocycles. The molecule has 7 nitrogen and oxygen atoms in total. The molecule has 28 heavy (non-hydrogen) atoms. The van der Waals surface area contributed by atoms with E-state index < -0.39 is 0 Å². The zero-order valence-corrected chi connectivity index (χ0v) is 16.0. The van der Waals surface area contributed by atoms with Crippen LogP contribution in [0.1, 0.15) is 5.56 Å². The normalized spacial score (nSPS) is 13.4. The van der Waals surface area contributed by atoms with Crippen molar-refractivity contribution in [2.24, 2.45) is 7.05 Å². The van der Waals surface area contributed by atoms with Gasteiger partial charge in [0.05, 0.1) is 16.7 Å². The summed E-state index contributed by atoms with van der Waals surface area (Å²) in [6, 6.07) is 15.4. The molecule has 0 aliphatic carbocycles. The number of rotatable bonds is 3. The van der Waals surface area contributed by atoms with Gasteiger partial charge in [-0.05, 0) is 30.2 Å². The fourth-order valence-electron chi connectivity index (χ4n) is 3.71. The fourth-order valence-corrected chi connectivity index (χ4v) is 4.52. The molecule has 3 heterocycles. The van der Waals surface area contributed by atoms with E-state index in [0.717, 1.165) is 17.6 Å². The van der Waals surface area contributed by atoms with Crippen LogP contribution in [0.2, 0.25) is 0 Å². The van der Waals surface area contributed by atoms with Crippen molar-refractivity contribution >= 4 is 40.0 Å². The van der Waals surface area contributed by atoms with Crippen molar-refractivity contribution in [2.45, 2.75) is 11.6 Å². The number of aromatic nitrogens is 4. The van der Waals surface area contributed by atoms with Gasteiger partial charge in [0.15, 0.2) is 5.16 Å². The second kappa shape index (κ2) is 6.49. The van der Waals surface area contributed by atoms with E-state index in [0.29, 0.717) is 22.9 Å². The molecule has 1 amide bonds. The summed E-state index contributed by atoms with van der Waals surface area (Å²) < 4.78 is 3.32. The Kier molecular flexibility index (Phi) is 3.94. The Morgan fingerprint density at radius 3 is 2.79 bits per heavy atom. The molecule has 0 fully saturated rings. The third kappa shape index (κ3) is 2.52. The van der Waals surface area contributed by atoms with Crippen molar-refractivity contribution < 1.29 is 4.79 Å². The number of aryl methyl sites for hydroxylation is 1. The van der Waals surface area contributed by atoms with Crippen molar-refractivity contribution in [3.05, 3.63) is 64.4 Å². The van der Waals surface area contributed by atoms with E-state index in [9.17, 15) is 9.59 Å². The van der Waals surface area contributed by atoms with Crippen LogP contribution in [-0.4, -0.2) is 37.4 Å². The van der Waals surface area contributed by atoms with E-state index in [1.165, 1.54) is 21.9 Å². The zero-order chi connectivity index (χ0) is 19.3. The molecular formula is C20H17N5O2S. The standard InChI is InChI=1S/C20H17N5O2S/c1-23-18(27)14-7-3-5-9-16(14)25-19(23)21-22-20(25)28-12-17(26)24-11-10-13-6-2-4-8-15(13)24/h2-9H,10-12H2,1H3. The van der Waals surface area contributed by atoms with Gasteiger partial charge in [-0.15, -0.1) is 10.2 Å². The molecule has 0 radical (unpaired) electrons. The Labute approximate surface area is 164 Å². The van der Waals surface area contributed by atoms with Gasteiger partial charge in [-0.2, -0.15) is 0 Å². The molecule has 0 N–H and O–H groups in total. The molecule has 0 saturated heterocycles. The number of amides is 1. The summed E-state index contributed by atoms with van der Waals surface area (Å²) in [5.74, 6) is 0.762. The molecule has 0 spiro atoms. The van der Waals surface area contributed by atoms with Crippen molar-refractivity contribution in [3.63, 3.8) is 0 Å². The largest absolute Gasteiger partial charge is 0.311 e. The quantitative estimate of drug-likeness (QED) is 0.501. The molecule has 8 heteroatoms. The highest BCUT2D eigenvalue weighted by Crippen LogP contribution is 2.29. The summed E-state index contributed by atoms with van der Waals surface area (Å²) in [7, 11) is 1.68. The third-order valence-electron chi connectivity index (χ3n) is 5.11. The van der Waals surface area contributed by atoms with Crippen LogP contribution in [0.4, 0.5) is 5.69 Å². The molecule has 4 aromatic rings. The maximum Gasteiger partial charge on any atom is 0.262 e. The second-order valence-corrected chi connectivity index (χ2v) is 7.65.